The van der Waals surface area contributed by atoms with E-state index in [2.05, 4.69) is 52.0 Å². The van der Waals surface area contributed by atoms with Crippen molar-refractivity contribution in [2.75, 3.05) is 6.54 Å². The molecule has 1 aromatic carbocycles. The molecule has 0 radical (unpaired) electrons. The van der Waals surface area contributed by atoms with Gasteiger partial charge < -0.3 is 5.73 Å². The van der Waals surface area contributed by atoms with Gasteiger partial charge in [-0.25, -0.2) is 0 Å². The molecule has 0 aliphatic heterocycles. The second-order valence-corrected chi connectivity index (χ2v) is 4.80. The van der Waals surface area contributed by atoms with Gasteiger partial charge in [0, 0.05) is 6.54 Å². The Hall–Kier alpha value is -1.08. The van der Waals surface area contributed by atoms with Crippen LogP contribution in [0.3, 0.4) is 0 Å². The summed E-state index contributed by atoms with van der Waals surface area (Å²) in [4.78, 5) is 0. The molecule has 1 heteroatoms. The van der Waals surface area contributed by atoms with E-state index < -0.39 is 0 Å². The van der Waals surface area contributed by atoms with E-state index in [4.69, 9.17) is 5.73 Å². The summed E-state index contributed by atoms with van der Waals surface area (Å²) in [6.07, 6.45) is 4.21. The molecule has 0 amide bonds. The van der Waals surface area contributed by atoms with Crippen LogP contribution < -0.4 is 5.73 Å². The summed E-state index contributed by atoms with van der Waals surface area (Å²) < 4.78 is 0. The van der Waals surface area contributed by atoms with Gasteiger partial charge in [0.15, 0.2) is 0 Å². The Morgan fingerprint density at radius 3 is 1.94 bits per heavy atom. The Morgan fingerprint density at radius 2 is 1.56 bits per heavy atom. The lowest BCUT2D eigenvalue weighted by atomic mass is 9.88. The van der Waals surface area contributed by atoms with Gasteiger partial charge in [-0.05, 0) is 28.5 Å². The summed E-state index contributed by atoms with van der Waals surface area (Å²) in [5.74, 6) is 1.10. The second-order valence-electron chi connectivity index (χ2n) is 4.80. The van der Waals surface area contributed by atoms with Crippen LogP contribution in [-0.2, 0) is 0 Å². The lowest BCUT2D eigenvalue weighted by Crippen LogP contribution is -2.00. The van der Waals surface area contributed by atoms with Gasteiger partial charge in [-0.15, -0.1) is 0 Å². The van der Waals surface area contributed by atoms with Crippen molar-refractivity contribution in [3.63, 3.8) is 0 Å². The molecule has 0 heterocycles. The highest BCUT2D eigenvalue weighted by molar-refractivity contribution is 5.60. The van der Waals surface area contributed by atoms with E-state index in [0.717, 1.165) is 0 Å². The topological polar surface area (TPSA) is 26.0 Å². The molecule has 0 atom stereocenters. The Kier molecular flexibility index (Phi) is 4.75. The number of hydrogen-bond acceptors (Lipinski definition) is 1. The fourth-order valence-corrected chi connectivity index (χ4v) is 1.99. The fourth-order valence-electron chi connectivity index (χ4n) is 1.99. The minimum atomic E-state index is 0.552. The normalized spacial score (nSPS) is 11.9. The Labute approximate surface area is 99.4 Å². The van der Waals surface area contributed by atoms with E-state index in [1.165, 1.54) is 16.7 Å². The maximum Gasteiger partial charge on any atom is 0.0110 e. The van der Waals surface area contributed by atoms with Crippen LogP contribution >= 0.6 is 0 Å². The largest absolute Gasteiger partial charge is 0.327 e. The first kappa shape index (κ1) is 13.0. The second kappa shape index (κ2) is 5.86. The summed E-state index contributed by atoms with van der Waals surface area (Å²) in [6.45, 7) is 9.54. The molecule has 2 N–H and O–H groups in total. The van der Waals surface area contributed by atoms with Crippen LogP contribution in [0, 0.1) is 0 Å². The van der Waals surface area contributed by atoms with E-state index in [0.29, 0.717) is 18.4 Å². The van der Waals surface area contributed by atoms with Gasteiger partial charge in [0.1, 0.15) is 0 Å². The summed E-state index contributed by atoms with van der Waals surface area (Å²) in [6, 6.07) is 6.59. The van der Waals surface area contributed by atoms with Gasteiger partial charge in [0.05, 0.1) is 0 Å². The molecule has 0 unspecified atom stereocenters. The summed E-state index contributed by atoms with van der Waals surface area (Å²) >= 11 is 0. The lowest BCUT2D eigenvalue weighted by Gasteiger charge is -2.17. The third-order valence-corrected chi connectivity index (χ3v) is 2.84. The minimum absolute atomic E-state index is 0.552. The van der Waals surface area contributed by atoms with Gasteiger partial charge >= 0.3 is 0 Å². The van der Waals surface area contributed by atoms with Gasteiger partial charge in [0.25, 0.3) is 0 Å². The highest BCUT2D eigenvalue weighted by atomic mass is 14.5. The summed E-state index contributed by atoms with van der Waals surface area (Å²) in [7, 11) is 0. The Bertz CT molecular complexity index is 335. The molecule has 88 valence electrons. The zero-order valence-corrected chi connectivity index (χ0v) is 10.8. The zero-order chi connectivity index (χ0) is 12.1. The molecule has 1 nitrogen and oxygen atoms in total. The molecule has 16 heavy (non-hydrogen) atoms. The average Bonchev–Trinajstić information content (AvgIpc) is 2.25. The van der Waals surface area contributed by atoms with Crippen LogP contribution in [0.15, 0.2) is 24.3 Å². The first-order valence-electron chi connectivity index (χ1n) is 6.07. The molecular weight excluding hydrogens is 194 g/mol. The van der Waals surface area contributed by atoms with Crippen molar-refractivity contribution in [1.82, 2.24) is 0 Å². The van der Waals surface area contributed by atoms with E-state index in [-0.39, 0.29) is 0 Å². The van der Waals surface area contributed by atoms with Crippen LogP contribution in [0.2, 0.25) is 0 Å². The number of hydrogen-bond donors (Lipinski definition) is 1. The molecule has 0 aliphatic rings. The Balaban J connectivity index is 3.29. The smallest absolute Gasteiger partial charge is 0.0110 e. The van der Waals surface area contributed by atoms with Crippen molar-refractivity contribution < 1.29 is 0 Å². The quantitative estimate of drug-likeness (QED) is 0.813. The molecule has 0 fully saturated rings. The summed E-state index contributed by atoms with van der Waals surface area (Å²) in [5, 5.41) is 0. The van der Waals surface area contributed by atoms with Crippen LogP contribution in [0.25, 0.3) is 6.08 Å². The summed E-state index contributed by atoms with van der Waals surface area (Å²) in [5.41, 5.74) is 9.73. The molecule has 0 aromatic heterocycles. The van der Waals surface area contributed by atoms with Gasteiger partial charge in [-0.3, -0.25) is 0 Å². The molecular formula is C15H23N. The van der Waals surface area contributed by atoms with Gasteiger partial charge in [-0.1, -0.05) is 58.0 Å². The highest BCUT2D eigenvalue weighted by Gasteiger charge is 2.10. The van der Waals surface area contributed by atoms with Crippen LogP contribution in [-0.4, -0.2) is 6.54 Å². The molecule has 0 bridgehead atoms. The molecule has 0 aliphatic carbocycles. The molecule has 1 aromatic rings. The van der Waals surface area contributed by atoms with Crippen molar-refractivity contribution >= 4 is 6.08 Å². The number of nitrogens with two attached hydrogens (primary N) is 1. The van der Waals surface area contributed by atoms with Crippen molar-refractivity contribution in [2.45, 2.75) is 39.5 Å². The van der Waals surface area contributed by atoms with Crippen molar-refractivity contribution in [1.29, 1.82) is 0 Å². The molecule has 0 spiro atoms. The van der Waals surface area contributed by atoms with Crippen LogP contribution in [0.4, 0.5) is 0 Å². The average molecular weight is 217 g/mol. The third-order valence-electron chi connectivity index (χ3n) is 2.84. The van der Waals surface area contributed by atoms with E-state index in [9.17, 15) is 0 Å². The monoisotopic (exact) mass is 217 g/mol. The fraction of sp³-hybridized carbons (Fsp3) is 0.467. The van der Waals surface area contributed by atoms with Crippen LogP contribution in [0.1, 0.15) is 56.2 Å². The van der Waals surface area contributed by atoms with Crippen molar-refractivity contribution in [3.05, 3.63) is 41.0 Å². The van der Waals surface area contributed by atoms with E-state index in [1.54, 1.807) is 0 Å². The SMILES string of the molecule is CC(C)c1cccc(C(C)C)c1C=CCN. The molecule has 1 rings (SSSR count). The first-order valence-corrected chi connectivity index (χ1v) is 6.07. The molecule has 0 saturated heterocycles. The van der Waals surface area contributed by atoms with E-state index >= 15 is 0 Å². The van der Waals surface area contributed by atoms with E-state index in [1.807, 2.05) is 6.08 Å². The maximum atomic E-state index is 5.54. The first-order chi connectivity index (χ1) is 7.57. The van der Waals surface area contributed by atoms with Crippen molar-refractivity contribution in [2.24, 2.45) is 5.73 Å². The van der Waals surface area contributed by atoms with Crippen LogP contribution in [0.5, 0.6) is 0 Å². The highest BCUT2D eigenvalue weighted by Crippen LogP contribution is 2.28. The van der Waals surface area contributed by atoms with Gasteiger partial charge in [-0.2, -0.15) is 0 Å². The zero-order valence-electron chi connectivity index (χ0n) is 10.8. The number of benzene rings is 1. The number of rotatable bonds is 4. The predicted octanol–water partition coefficient (Wildman–Crippen LogP) is 3.91. The maximum absolute atomic E-state index is 5.54. The third kappa shape index (κ3) is 2.96. The predicted molar refractivity (Wildman–Crippen MR) is 72.7 cm³/mol. The van der Waals surface area contributed by atoms with Crippen molar-refractivity contribution in [3.8, 4) is 0 Å². The minimum Gasteiger partial charge on any atom is -0.327 e. The standard InChI is InChI=1S/C15H23N/c1-11(2)13-7-5-8-14(12(3)4)15(13)9-6-10-16/h5-9,11-12H,10,16H2,1-4H3. The Morgan fingerprint density at radius 1 is 1.06 bits per heavy atom. The lowest BCUT2D eigenvalue weighted by molar-refractivity contribution is 0.829. The van der Waals surface area contributed by atoms with Gasteiger partial charge in [0.2, 0.25) is 0 Å². The molecule has 0 saturated carbocycles.